The molecule has 5 rings (SSSR count). The number of fused-ring (bicyclic) bond motifs is 1. The van der Waals surface area contributed by atoms with E-state index in [4.69, 9.17) is 4.98 Å². The summed E-state index contributed by atoms with van der Waals surface area (Å²) in [6.07, 6.45) is 0. The van der Waals surface area contributed by atoms with Gasteiger partial charge in [0.15, 0.2) is 5.16 Å². The average Bonchev–Trinajstić information content (AvgIpc) is 2.96. The third kappa shape index (κ3) is 5.43. The summed E-state index contributed by atoms with van der Waals surface area (Å²) in [5, 5.41) is 5.27. The number of carbonyl (C=O) groups excluding carboxylic acids is 1. The van der Waals surface area contributed by atoms with Crippen molar-refractivity contribution >= 4 is 34.3 Å². The molecule has 38 heavy (non-hydrogen) atoms. The Hall–Kier alpha value is -4.49. The third-order valence-corrected chi connectivity index (χ3v) is 7.13. The van der Waals surface area contributed by atoms with E-state index >= 15 is 0 Å². The van der Waals surface area contributed by atoms with Gasteiger partial charge in [0, 0.05) is 0 Å². The Morgan fingerprint density at radius 1 is 0.868 bits per heavy atom. The van der Waals surface area contributed by atoms with E-state index in [9.17, 15) is 9.59 Å². The minimum Gasteiger partial charge on any atom is -0.272 e. The highest BCUT2D eigenvalue weighted by molar-refractivity contribution is 7.99. The van der Waals surface area contributed by atoms with E-state index in [-0.39, 0.29) is 17.2 Å². The highest BCUT2D eigenvalue weighted by Crippen LogP contribution is 2.23. The van der Waals surface area contributed by atoms with Crippen LogP contribution in [0, 0.1) is 6.92 Å². The highest BCUT2D eigenvalue weighted by Gasteiger charge is 2.16. The Kier molecular flexibility index (Phi) is 7.47. The van der Waals surface area contributed by atoms with Gasteiger partial charge in [-0.25, -0.2) is 10.4 Å². The Bertz CT molecular complexity index is 1690. The molecule has 0 fully saturated rings. The van der Waals surface area contributed by atoms with E-state index in [0.717, 1.165) is 27.9 Å². The number of nitrogens with zero attached hydrogens (tertiary/aromatic N) is 3. The van der Waals surface area contributed by atoms with Crippen LogP contribution in [0.4, 0.5) is 0 Å². The molecule has 1 amide bonds. The minimum absolute atomic E-state index is 0.0559. The van der Waals surface area contributed by atoms with Gasteiger partial charge in [0.1, 0.15) is 0 Å². The molecule has 0 radical (unpaired) electrons. The smallest absolute Gasteiger partial charge is 0.266 e. The fourth-order valence-electron chi connectivity index (χ4n) is 4.14. The first-order valence-electron chi connectivity index (χ1n) is 12.2. The minimum atomic E-state index is -0.283. The van der Waals surface area contributed by atoms with Crippen LogP contribution < -0.4 is 11.0 Å². The van der Waals surface area contributed by atoms with Crippen LogP contribution in [-0.4, -0.2) is 26.9 Å². The fraction of sp³-hybridized carbons (Fsp3) is 0.0968. The molecular formula is C31H26N4O2S. The van der Waals surface area contributed by atoms with Crippen molar-refractivity contribution in [2.45, 2.75) is 19.0 Å². The molecule has 0 bridgehead atoms. The Morgan fingerprint density at radius 3 is 2.29 bits per heavy atom. The van der Waals surface area contributed by atoms with Crippen molar-refractivity contribution in [3.63, 3.8) is 0 Å². The number of rotatable bonds is 7. The zero-order valence-corrected chi connectivity index (χ0v) is 21.9. The second-order valence-corrected chi connectivity index (χ2v) is 9.75. The van der Waals surface area contributed by atoms with Crippen molar-refractivity contribution in [1.29, 1.82) is 0 Å². The molecule has 7 heteroatoms. The summed E-state index contributed by atoms with van der Waals surface area (Å²) in [5.74, 6) is -0.227. The monoisotopic (exact) mass is 518 g/mol. The summed E-state index contributed by atoms with van der Waals surface area (Å²) < 4.78 is 1.58. The van der Waals surface area contributed by atoms with Crippen LogP contribution in [0.25, 0.3) is 27.7 Å². The number of hydrogen-bond acceptors (Lipinski definition) is 5. The van der Waals surface area contributed by atoms with Gasteiger partial charge in [-0.05, 0) is 54.3 Å². The molecule has 1 heterocycles. The van der Waals surface area contributed by atoms with Gasteiger partial charge in [-0.15, -0.1) is 0 Å². The second-order valence-electron chi connectivity index (χ2n) is 8.80. The van der Waals surface area contributed by atoms with E-state index in [1.807, 2.05) is 92.7 Å². The number of carbonyl (C=O) groups is 1. The van der Waals surface area contributed by atoms with E-state index < -0.39 is 0 Å². The summed E-state index contributed by atoms with van der Waals surface area (Å²) in [4.78, 5) is 30.8. The van der Waals surface area contributed by atoms with Gasteiger partial charge in [-0.3, -0.25) is 14.2 Å². The molecule has 0 atom stereocenters. The van der Waals surface area contributed by atoms with Gasteiger partial charge in [-0.2, -0.15) is 5.10 Å². The van der Waals surface area contributed by atoms with E-state index in [1.165, 1.54) is 11.8 Å². The van der Waals surface area contributed by atoms with Crippen LogP contribution >= 0.6 is 11.8 Å². The van der Waals surface area contributed by atoms with Crippen molar-refractivity contribution < 1.29 is 4.79 Å². The van der Waals surface area contributed by atoms with Crippen LogP contribution in [0.3, 0.4) is 0 Å². The first-order valence-corrected chi connectivity index (χ1v) is 13.2. The first-order chi connectivity index (χ1) is 18.5. The molecule has 1 N–H and O–H groups in total. The van der Waals surface area contributed by atoms with Crippen molar-refractivity contribution in [2.75, 3.05) is 5.75 Å². The van der Waals surface area contributed by atoms with Crippen molar-refractivity contribution in [3.05, 3.63) is 125 Å². The van der Waals surface area contributed by atoms with Crippen LogP contribution in [0.15, 0.2) is 118 Å². The molecule has 6 nitrogen and oxygen atoms in total. The maximum Gasteiger partial charge on any atom is 0.266 e. The van der Waals surface area contributed by atoms with Gasteiger partial charge in [0.2, 0.25) is 0 Å². The third-order valence-electron chi connectivity index (χ3n) is 6.19. The van der Waals surface area contributed by atoms with Gasteiger partial charge in [0.25, 0.3) is 11.5 Å². The summed E-state index contributed by atoms with van der Waals surface area (Å²) in [7, 11) is 0. The van der Waals surface area contributed by atoms with Crippen LogP contribution in [0.1, 0.15) is 18.1 Å². The topological polar surface area (TPSA) is 76.3 Å². The number of hydrazone groups is 1. The summed E-state index contributed by atoms with van der Waals surface area (Å²) >= 11 is 1.21. The van der Waals surface area contributed by atoms with E-state index in [2.05, 4.69) is 22.7 Å². The number of amides is 1. The Labute approximate surface area is 225 Å². The maximum absolute atomic E-state index is 13.4. The number of benzene rings is 4. The van der Waals surface area contributed by atoms with E-state index in [1.54, 1.807) is 16.7 Å². The van der Waals surface area contributed by atoms with Gasteiger partial charge in [-0.1, -0.05) is 96.7 Å². The number of nitrogens with one attached hydrogen (secondary N) is 1. The SMILES string of the molecule is CC(=NNC(=O)CSc1nc2ccccc2c(=O)n1-c1ccccc1C)c1ccc(-c2ccccc2)cc1. The molecule has 1 aromatic heterocycles. The molecule has 0 spiro atoms. The molecule has 4 aromatic carbocycles. The van der Waals surface area contributed by atoms with E-state index in [0.29, 0.717) is 21.8 Å². The fourth-order valence-corrected chi connectivity index (χ4v) is 4.94. The molecule has 0 aliphatic rings. The standard InChI is InChI=1S/C31H26N4O2S/c1-21-10-6-9-15-28(21)35-30(37)26-13-7-8-14-27(26)32-31(35)38-20-29(36)34-33-22(2)23-16-18-25(19-17-23)24-11-4-3-5-12-24/h3-19H,20H2,1-2H3,(H,34,36). The van der Waals surface area contributed by atoms with Crippen molar-refractivity contribution in [1.82, 2.24) is 15.0 Å². The molecule has 0 unspecified atom stereocenters. The van der Waals surface area contributed by atoms with Crippen molar-refractivity contribution in [3.8, 4) is 16.8 Å². The summed E-state index contributed by atoms with van der Waals surface area (Å²) in [5.41, 5.74) is 8.62. The zero-order chi connectivity index (χ0) is 26.5. The lowest BCUT2D eigenvalue weighted by Crippen LogP contribution is -2.25. The molecule has 0 saturated heterocycles. The first kappa shape index (κ1) is 25.2. The summed E-state index contributed by atoms with van der Waals surface area (Å²) in [6, 6.07) is 33.1. The maximum atomic E-state index is 13.4. The van der Waals surface area contributed by atoms with Crippen LogP contribution in [0.2, 0.25) is 0 Å². The average molecular weight is 519 g/mol. The lowest BCUT2D eigenvalue weighted by molar-refractivity contribution is -0.118. The quantitative estimate of drug-likeness (QED) is 0.124. The van der Waals surface area contributed by atoms with Gasteiger partial charge in [0.05, 0.1) is 28.1 Å². The van der Waals surface area contributed by atoms with Gasteiger partial charge < -0.3 is 0 Å². The van der Waals surface area contributed by atoms with Gasteiger partial charge >= 0.3 is 0 Å². The predicted molar refractivity (Wildman–Crippen MR) is 155 cm³/mol. The van der Waals surface area contributed by atoms with Crippen LogP contribution in [0.5, 0.6) is 0 Å². The largest absolute Gasteiger partial charge is 0.272 e. The number of aryl methyl sites for hydroxylation is 1. The number of aromatic nitrogens is 2. The highest BCUT2D eigenvalue weighted by atomic mass is 32.2. The number of para-hydroxylation sites is 2. The number of hydrogen-bond donors (Lipinski definition) is 1. The lowest BCUT2D eigenvalue weighted by Gasteiger charge is -2.14. The van der Waals surface area contributed by atoms with Crippen LogP contribution in [-0.2, 0) is 4.79 Å². The Morgan fingerprint density at radius 2 is 1.53 bits per heavy atom. The second kappa shape index (κ2) is 11.3. The predicted octanol–water partition coefficient (Wildman–Crippen LogP) is 5.99. The molecule has 0 aliphatic heterocycles. The molecule has 5 aromatic rings. The normalized spacial score (nSPS) is 11.5. The molecule has 0 saturated carbocycles. The molecule has 0 aliphatic carbocycles. The Balaban J connectivity index is 1.32. The molecule has 188 valence electrons. The lowest BCUT2D eigenvalue weighted by atomic mass is 10.0. The van der Waals surface area contributed by atoms with Crippen molar-refractivity contribution in [2.24, 2.45) is 5.10 Å². The summed E-state index contributed by atoms with van der Waals surface area (Å²) in [6.45, 7) is 3.80. The molecular weight excluding hydrogens is 492 g/mol. The number of thioether (sulfide) groups is 1. The zero-order valence-electron chi connectivity index (χ0n) is 21.1.